The fourth-order valence-electron chi connectivity index (χ4n) is 4.40. The summed E-state index contributed by atoms with van der Waals surface area (Å²) in [4.78, 5) is 40.5. The number of hydrogen-bond donors (Lipinski definition) is 2. The Morgan fingerprint density at radius 1 is 1.31 bits per heavy atom. The van der Waals surface area contributed by atoms with E-state index in [1.165, 1.54) is 5.56 Å². The van der Waals surface area contributed by atoms with Crippen molar-refractivity contribution in [2.24, 2.45) is 11.8 Å². The molecule has 0 radical (unpaired) electrons. The van der Waals surface area contributed by atoms with Gasteiger partial charge in [0.15, 0.2) is 0 Å². The van der Waals surface area contributed by atoms with Crippen LogP contribution in [0.15, 0.2) is 18.2 Å². The van der Waals surface area contributed by atoms with E-state index in [1.54, 1.807) is 6.92 Å². The molecule has 1 aromatic rings. The number of nitrogens with zero attached hydrogens (tertiary/aromatic N) is 2. The standard InChI is InChI=1S/C21H27ClN4O3/c1-13-3-6-16(22)9-17(13)25-8-7-14(11-25)10-23-18(27)12-26-19(28)21(2,15-4-5-15)24-20(26)29/h3,6,9,14-15H,4-5,7-8,10-12H2,1-2H3,(H,23,27)(H,24,29). The summed E-state index contributed by atoms with van der Waals surface area (Å²) in [5.74, 6) is -0.0850. The van der Waals surface area contributed by atoms with Gasteiger partial charge in [0.05, 0.1) is 0 Å². The maximum Gasteiger partial charge on any atom is 0.325 e. The number of aryl methyl sites for hydroxylation is 1. The molecule has 1 saturated carbocycles. The van der Waals surface area contributed by atoms with Crippen LogP contribution in [0.5, 0.6) is 0 Å². The Bertz CT molecular complexity index is 856. The van der Waals surface area contributed by atoms with E-state index < -0.39 is 11.6 Å². The molecule has 0 spiro atoms. The molecule has 3 aliphatic rings. The zero-order valence-electron chi connectivity index (χ0n) is 16.8. The highest BCUT2D eigenvalue weighted by Gasteiger charge is 2.56. The third-order valence-corrected chi connectivity index (χ3v) is 6.62. The molecule has 7 nitrogen and oxygen atoms in total. The Morgan fingerprint density at radius 2 is 2.07 bits per heavy atom. The summed E-state index contributed by atoms with van der Waals surface area (Å²) in [5, 5.41) is 6.38. The number of carbonyl (C=O) groups excluding carboxylic acids is 3. The number of imide groups is 1. The molecule has 4 amide bonds. The average molecular weight is 419 g/mol. The lowest BCUT2D eigenvalue weighted by atomic mass is 9.96. The van der Waals surface area contributed by atoms with Gasteiger partial charge in [0.1, 0.15) is 12.1 Å². The number of amides is 4. The van der Waals surface area contributed by atoms with Crippen LogP contribution >= 0.6 is 11.6 Å². The average Bonchev–Trinajstić information content (AvgIpc) is 3.40. The first-order valence-corrected chi connectivity index (χ1v) is 10.6. The largest absolute Gasteiger partial charge is 0.371 e. The highest BCUT2D eigenvalue weighted by atomic mass is 35.5. The molecule has 2 unspecified atom stereocenters. The number of halogens is 1. The molecule has 2 saturated heterocycles. The second-order valence-corrected chi connectivity index (χ2v) is 9.07. The molecule has 2 aliphatic heterocycles. The van der Waals surface area contributed by atoms with Crippen LogP contribution in [0.3, 0.4) is 0 Å². The molecular formula is C21H27ClN4O3. The molecule has 2 atom stereocenters. The van der Waals surface area contributed by atoms with Crippen LogP contribution in [0.4, 0.5) is 10.5 Å². The fraction of sp³-hybridized carbons (Fsp3) is 0.571. The fourth-order valence-corrected chi connectivity index (χ4v) is 4.56. The summed E-state index contributed by atoms with van der Waals surface area (Å²) >= 11 is 6.13. The summed E-state index contributed by atoms with van der Waals surface area (Å²) in [6, 6.07) is 5.41. The predicted molar refractivity (Wildman–Crippen MR) is 111 cm³/mol. The first kappa shape index (κ1) is 20.0. The second-order valence-electron chi connectivity index (χ2n) is 8.63. The van der Waals surface area contributed by atoms with Gasteiger partial charge in [0, 0.05) is 30.3 Å². The van der Waals surface area contributed by atoms with Crippen LogP contribution in [0, 0.1) is 18.8 Å². The van der Waals surface area contributed by atoms with Crippen molar-refractivity contribution < 1.29 is 14.4 Å². The SMILES string of the molecule is Cc1ccc(Cl)cc1N1CCC(CNC(=O)CN2C(=O)NC(C)(C3CC3)C2=O)C1. The van der Waals surface area contributed by atoms with Gasteiger partial charge < -0.3 is 15.5 Å². The Kier molecular flexibility index (Phi) is 5.19. The van der Waals surface area contributed by atoms with Crippen LogP contribution < -0.4 is 15.5 Å². The van der Waals surface area contributed by atoms with Gasteiger partial charge in [0.25, 0.3) is 5.91 Å². The number of carbonyl (C=O) groups is 3. The van der Waals surface area contributed by atoms with E-state index in [1.807, 2.05) is 18.2 Å². The smallest absolute Gasteiger partial charge is 0.325 e. The maximum absolute atomic E-state index is 12.6. The predicted octanol–water partition coefficient (Wildman–Crippen LogP) is 2.31. The van der Waals surface area contributed by atoms with E-state index >= 15 is 0 Å². The summed E-state index contributed by atoms with van der Waals surface area (Å²) < 4.78 is 0. The summed E-state index contributed by atoms with van der Waals surface area (Å²) in [6.07, 6.45) is 2.84. The Hall–Kier alpha value is -2.28. The van der Waals surface area contributed by atoms with Gasteiger partial charge in [-0.05, 0) is 62.6 Å². The molecule has 156 valence electrons. The van der Waals surface area contributed by atoms with Gasteiger partial charge in [-0.25, -0.2) is 4.79 Å². The van der Waals surface area contributed by atoms with Crippen LogP contribution in [0.2, 0.25) is 5.02 Å². The van der Waals surface area contributed by atoms with Gasteiger partial charge in [0.2, 0.25) is 5.91 Å². The number of anilines is 1. The van der Waals surface area contributed by atoms with E-state index in [2.05, 4.69) is 22.5 Å². The zero-order valence-corrected chi connectivity index (χ0v) is 17.6. The first-order chi connectivity index (χ1) is 13.8. The van der Waals surface area contributed by atoms with Crippen LogP contribution in [0.25, 0.3) is 0 Å². The molecule has 4 rings (SSSR count). The van der Waals surface area contributed by atoms with Gasteiger partial charge >= 0.3 is 6.03 Å². The van der Waals surface area contributed by atoms with E-state index in [-0.39, 0.29) is 24.3 Å². The van der Waals surface area contributed by atoms with Crippen molar-refractivity contribution in [3.8, 4) is 0 Å². The van der Waals surface area contributed by atoms with E-state index in [4.69, 9.17) is 11.6 Å². The molecule has 29 heavy (non-hydrogen) atoms. The van der Waals surface area contributed by atoms with Crippen molar-refractivity contribution in [1.82, 2.24) is 15.5 Å². The highest BCUT2D eigenvalue weighted by molar-refractivity contribution is 6.30. The lowest BCUT2D eigenvalue weighted by molar-refractivity contribution is -0.135. The van der Waals surface area contributed by atoms with Crippen LogP contribution in [-0.4, -0.2) is 54.5 Å². The van der Waals surface area contributed by atoms with E-state index in [9.17, 15) is 14.4 Å². The first-order valence-electron chi connectivity index (χ1n) is 10.2. The third-order valence-electron chi connectivity index (χ3n) is 6.38. The zero-order chi connectivity index (χ0) is 20.8. The number of rotatable bonds is 6. The van der Waals surface area contributed by atoms with Gasteiger partial charge in [-0.3, -0.25) is 14.5 Å². The maximum atomic E-state index is 12.6. The molecule has 2 heterocycles. The second kappa shape index (κ2) is 7.52. The molecule has 0 bridgehead atoms. The molecule has 2 N–H and O–H groups in total. The Labute approximate surface area is 175 Å². The minimum Gasteiger partial charge on any atom is -0.371 e. The van der Waals surface area contributed by atoms with Crippen molar-refractivity contribution in [3.05, 3.63) is 28.8 Å². The van der Waals surface area contributed by atoms with Crippen molar-refractivity contribution >= 4 is 35.1 Å². The highest BCUT2D eigenvalue weighted by Crippen LogP contribution is 2.42. The van der Waals surface area contributed by atoms with Crippen LogP contribution in [0.1, 0.15) is 31.7 Å². The number of nitrogens with one attached hydrogen (secondary N) is 2. The topological polar surface area (TPSA) is 81.8 Å². The number of hydrogen-bond acceptors (Lipinski definition) is 4. The lowest BCUT2D eigenvalue weighted by Crippen LogP contribution is -2.47. The van der Waals surface area contributed by atoms with Crippen molar-refractivity contribution in [3.63, 3.8) is 0 Å². The molecule has 8 heteroatoms. The van der Waals surface area contributed by atoms with Crippen molar-refractivity contribution in [2.45, 2.75) is 38.6 Å². The quantitative estimate of drug-likeness (QED) is 0.694. The third kappa shape index (κ3) is 3.92. The minimum atomic E-state index is -0.849. The van der Waals surface area contributed by atoms with Gasteiger partial charge in [-0.1, -0.05) is 17.7 Å². The molecule has 1 aromatic carbocycles. The Balaban J connectivity index is 1.28. The molecule has 0 aromatic heterocycles. The summed E-state index contributed by atoms with van der Waals surface area (Å²) in [7, 11) is 0. The summed E-state index contributed by atoms with van der Waals surface area (Å²) in [5.41, 5.74) is 1.46. The molecule has 1 aliphatic carbocycles. The number of benzene rings is 1. The molecular weight excluding hydrogens is 392 g/mol. The van der Waals surface area contributed by atoms with Gasteiger partial charge in [-0.15, -0.1) is 0 Å². The number of urea groups is 1. The van der Waals surface area contributed by atoms with Crippen molar-refractivity contribution in [2.75, 3.05) is 31.1 Å². The van der Waals surface area contributed by atoms with Gasteiger partial charge in [-0.2, -0.15) is 0 Å². The van der Waals surface area contributed by atoms with E-state index in [0.29, 0.717) is 17.5 Å². The minimum absolute atomic E-state index is 0.187. The normalized spacial score (nSPS) is 26.8. The monoisotopic (exact) mass is 418 g/mol. The van der Waals surface area contributed by atoms with Crippen molar-refractivity contribution in [1.29, 1.82) is 0 Å². The summed E-state index contributed by atoms with van der Waals surface area (Å²) in [6.45, 7) is 5.87. The molecule has 3 fully saturated rings. The Morgan fingerprint density at radius 3 is 2.79 bits per heavy atom. The lowest BCUT2D eigenvalue weighted by Gasteiger charge is -2.22. The van der Waals surface area contributed by atoms with E-state index in [0.717, 1.165) is 42.9 Å². The van der Waals surface area contributed by atoms with Crippen LogP contribution in [-0.2, 0) is 9.59 Å².